The van der Waals surface area contributed by atoms with Crippen LogP contribution in [0.5, 0.6) is 5.75 Å². The van der Waals surface area contributed by atoms with Crippen LogP contribution in [0.2, 0.25) is 0 Å². The highest BCUT2D eigenvalue weighted by molar-refractivity contribution is 5.78. The summed E-state index contributed by atoms with van der Waals surface area (Å²) in [5.74, 6) is 1.10. The van der Waals surface area contributed by atoms with E-state index in [0.717, 1.165) is 11.3 Å². The van der Waals surface area contributed by atoms with Gasteiger partial charge in [-0.1, -0.05) is 12.1 Å². The van der Waals surface area contributed by atoms with Crippen molar-refractivity contribution in [1.29, 1.82) is 0 Å². The van der Waals surface area contributed by atoms with Gasteiger partial charge in [-0.05, 0) is 31.5 Å². The van der Waals surface area contributed by atoms with E-state index >= 15 is 0 Å². The van der Waals surface area contributed by atoms with Crippen molar-refractivity contribution in [3.63, 3.8) is 0 Å². The van der Waals surface area contributed by atoms with Gasteiger partial charge in [0.05, 0.1) is 13.5 Å². The molecule has 0 saturated heterocycles. The van der Waals surface area contributed by atoms with E-state index in [4.69, 9.17) is 4.74 Å². The molecule has 0 unspecified atom stereocenters. The summed E-state index contributed by atoms with van der Waals surface area (Å²) in [5.41, 5.74) is 1.69. The number of methoxy groups -OCH3 is 1. The van der Waals surface area contributed by atoms with Gasteiger partial charge in [0.25, 0.3) is 5.56 Å². The van der Waals surface area contributed by atoms with E-state index in [1.807, 2.05) is 24.3 Å². The average Bonchev–Trinajstić information content (AvgIpc) is 2.49. The van der Waals surface area contributed by atoms with Crippen LogP contribution in [0.1, 0.15) is 22.6 Å². The minimum Gasteiger partial charge on any atom is -0.497 e. The zero-order chi connectivity index (χ0) is 16.1. The smallest absolute Gasteiger partial charge is 0.254 e. The van der Waals surface area contributed by atoms with Crippen molar-refractivity contribution in [2.45, 2.75) is 26.8 Å². The van der Waals surface area contributed by atoms with Crippen LogP contribution in [0.4, 0.5) is 0 Å². The van der Waals surface area contributed by atoms with Gasteiger partial charge < -0.3 is 15.0 Å². The molecule has 0 fully saturated rings. The van der Waals surface area contributed by atoms with Gasteiger partial charge in [0.2, 0.25) is 5.91 Å². The molecule has 1 aromatic carbocycles. The maximum atomic E-state index is 12.0. The number of carbonyl (C=O) groups is 1. The molecule has 0 atom stereocenters. The standard InChI is InChI=1S/C16H19N3O3/c1-10-14(16(21)19-11(2)18-10)8-15(20)17-9-12-4-6-13(22-3)7-5-12/h4-7H,8-9H2,1-3H3,(H,17,20)(H,18,19,21). The molecule has 0 aliphatic heterocycles. The summed E-state index contributed by atoms with van der Waals surface area (Å²) in [7, 11) is 1.60. The van der Waals surface area contributed by atoms with Crippen molar-refractivity contribution >= 4 is 5.91 Å². The molecular weight excluding hydrogens is 282 g/mol. The van der Waals surface area contributed by atoms with Crippen LogP contribution in [0.15, 0.2) is 29.1 Å². The Morgan fingerprint density at radius 3 is 2.55 bits per heavy atom. The van der Waals surface area contributed by atoms with E-state index in [1.165, 1.54) is 0 Å². The lowest BCUT2D eigenvalue weighted by atomic mass is 10.1. The molecule has 1 amide bonds. The number of nitrogens with one attached hydrogen (secondary N) is 2. The molecule has 0 aliphatic carbocycles. The summed E-state index contributed by atoms with van der Waals surface area (Å²) in [6.07, 6.45) is 0.0185. The number of amides is 1. The van der Waals surface area contributed by atoms with Gasteiger partial charge in [-0.25, -0.2) is 4.98 Å². The van der Waals surface area contributed by atoms with Crippen LogP contribution in [0.25, 0.3) is 0 Å². The van der Waals surface area contributed by atoms with Crippen molar-refractivity contribution < 1.29 is 9.53 Å². The number of benzene rings is 1. The van der Waals surface area contributed by atoms with Gasteiger partial charge in [-0.3, -0.25) is 9.59 Å². The molecule has 0 bridgehead atoms. The van der Waals surface area contributed by atoms with Crippen LogP contribution in [-0.2, 0) is 17.8 Å². The highest BCUT2D eigenvalue weighted by Crippen LogP contribution is 2.11. The number of aromatic nitrogens is 2. The summed E-state index contributed by atoms with van der Waals surface area (Å²) < 4.78 is 5.08. The third-order valence-corrected chi connectivity index (χ3v) is 3.33. The second-order valence-electron chi connectivity index (χ2n) is 5.02. The maximum Gasteiger partial charge on any atom is 0.254 e. The molecule has 1 aromatic heterocycles. The van der Waals surface area contributed by atoms with Crippen LogP contribution < -0.4 is 15.6 Å². The molecule has 116 valence electrons. The Morgan fingerprint density at radius 2 is 1.95 bits per heavy atom. The van der Waals surface area contributed by atoms with Gasteiger partial charge in [0.1, 0.15) is 11.6 Å². The molecule has 1 heterocycles. The molecule has 6 nitrogen and oxygen atoms in total. The highest BCUT2D eigenvalue weighted by Gasteiger charge is 2.11. The van der Waals surface area contributed by atoms with Crippen LogP contribution >= 0.6 is 0 Å². The lowest BCUT2D eigenvalue weighted by molar-refractivity contribution is -0.120. The first-order chi connectivity index (χ1) is 10.5. The number of rotatable bonds is 5. The van der Waals surface area contributed by atoms with Crippen molar-refractivity contribution in [3.8, 4) is 5.75 Å². The van der Waals surface area contributed by atoms with Gasteiger partial charge in [0, 0.05) is 17.8 Å². The van der Waals surface area contributed by atoms with E-state index in [-0.39, 0.29) is 17.9 Å². The van der Waals surface area contributed by atoms with Crippen molar-refractivity contribution in [1.82, 2.24) is 15.3 Å². The normalized spacial score (nSPS) is 10.3. The fourth-order valence-corrected chi connectivity index (χ4v) is 2.13. The van der Waals surface area contributed by atoms with Gasteiger partial charge in [-0.2, -0.15) is 0 Å². The number of hydrogen-bond acceptors (Lipinski definition) is 4. The topological polar surface area (TPSA) is 84.1 Å². The largest absolute Gasteiger partial charge is 0.497 e. The Bertz CT molecular complexity index is 720. The van der Waals surface area contributed by atoms with Crippen molar-refractivity contribution in [2.75, 3.05) is 7.11 Å². The quantitative estimate of drug-likeness (QED) is 0.870. The van der Waals surface area contributed by atoms with E-state index in [1.54, 1.807) is 21.0 Å². The molecule has 6 heteroatoms. The molecule has 0 saturated carbocycles. The average molecular weight is 301 g/mol. The Labute approximate surface area is 128 Å². The van der Waals surface area contributed by atoms with Crippen LogP contribution in [0.3, 0.4) is 0 Å². The highest BCUT2D eigenvalue weighted by atomic mass is 16.5. The number of carbonyl (C=O) groups excluding carboxylic acids is 1. The second-order valence-corrected chi connectivity index (χ2v) is 5.02. The lowest BCUT2D eigenvalue weighted by Crippen LogP contribution is -2.28. The van der Waals surface area contributed by atoms with E-state index < -0.39 is 0 Å². The Morgan fingerprint density at radius 1 is 1.27 bits per heavy atom. The number of aromatic amines is 1. The lowest BCUT2D eigenvalue weighted by Gasteiger charge is -2.08. The van der Waals surface area contributed by atoms with E-state index in [0.29, 0.717) is 23.6 Å². The third-order valence-electron chi connectivity index (χ3n) is 3.33. The van der Waals surface area contributed by atoms with Crippen molar-refractivity contribution in [3.05, 3.63) is 57.3 Å². The fraction of sp³-hybridized carbons (Fsp3) is 0.312. The predicted octanol–water partition coefficient (Wildman–Crippen LogP) is 1.25. The zero-order valence-electron chi connectivity index (χ0n) is 12.9. The molecule has 2 rings (SSSR count). The second kappa shape index (κ2) is 6.89. The van der Waals surface area contributed by atoms with E-state index in [9.17, 15) is 9.59 Å². The number of ether oxygens (including phenoxy) is 1. The summed E-state index contributed by atoms with van der Waals surface area (Å²) in [4.78, 5) is 30.6. The first-order valence-corrected chi connectivity index (χ1v) is 6.95. The minimum atomic E-state index is -0.260. The fourth-order valence-electron chi connectivity index (χ4n) is 2.13. The molecule has 22 heavy (non-hydrogen) atoms. The third kappa shape index (κ3) is 3.94. The monoisotopic (exact) mass is 301 g/mol. The molecule has 2 N–H and O–H groups in total. The molecule has 0 spiro atoms. The molecule has 0 radical (unpaired) electrons. The van der Waals surface area contributed by atoms with Gasteiger partial charge in [0.15, 0.2) is 0 Å². The number of hydrogen-bond donors (Lipinski definition) is 2. The summed E-state index contributed by atoms with van der Waals surface area (Å²) in [6.45, 7) is 3.84. The minimum absolute atomic E-state index is 0.0185. The summed E-state index contributed by atoms with van der Waals surface area (Å²) in [5, 5.41) is 2.79. The maximum absolute atomic E-state index is 12.0. The van der Waals surface area contributed by atoms with Crippen LogP contribution in [-0.4, -0.2) is 23.0 Å². The van der Waals surface area contributed by atoms with Gasteiger partial charge >= 0.3 is 0 Å². The van der Waals surface area contributed by atoms with Crippen LogP contribution in [0, 0.1) is 13.8 Å². The number of nitrogens with zero attached hydrogens (tertiary/aromatic N) is 1. The van der Waals surface area contributed by atoms with Crippen molar-refractivity contribution in [2.24, 2.45) is 0 Å². The van der Waals surface area contributed by atoms with E-state index in [2.05, 4.69) is 15.3 Å². The van der Waals surface area contributed by atoms with Gasteiger partial charge in [-0.15, -0.1) is 0 Å². The molecule has 2 aromatic rings. The molecular formula is C16H19N3O3. The Kier molecular flexibility index (Phi) is 4.93. The zero-order valence-corrected chi connectivity index (χ0v) is 12.9. The first kappa shape index (κ1) is 15.8. The Hall–Kier alpha value is -2.63. The number of H-pyrrole nitrogens is 1. The summed E-state index contributed by atoms with van der Waals surface area (Å²) >= 11 is 0. The molecule has 0 aliphatic rings. The first-order valence-electron chi connectivity index (χ1n) is 6.95. The summed E-state index contributed by atoms with van der Waals surface area (Å²) in [6, 6.07) is 7.43. The predicted molar refractivity (Wildman–Crippen MR) is 82.9 cm³/mol. The Balaban J connectivity index is 1.97. The number of aryl methyl sites for hydroxylation is 2. The SMILES string of the molecule is COc1ccc(CNC(=O)Cc2c(C)nc(C)[nH]c2=O)cc1.